The van der Waals surface area contributed by atoms with E-state index in [0.717, 1.165) is 23.4 Å². The Hall–Kier alpha value is -3.46. The van der Waals surface area contributed by atoms with Crippen LogP contribution < -0.4 is 5.32 Å². The Bertz CT molecular complexity index is 1110. The molecule has 6 nitrogen and oxygen atoms in total. The van der Waals surface area contributed by atoms with Crippen LogP contribution in [-0.2, 0) is 23.2 Å². The SMILES string of the molecule is CC1Cc2nc(NC(=O)C(C)(C)c3ccccc3)nn2CC1c1cccc(C#N)c1. The Morgan fingerprint density at radius 3 is 2.70 bits per heavy atom. The Balaban J connectivity index is 1.53. The first-order valence-electron chi connectivity index (χ1n) is 10.2. The van der Waals surface area contributed by atoms with Gasteiger partial charge in [0.2, 0.25) is 11.9 Å². The molecule has 1 aliphatic heterocycles. The molecule has 0 spiro atoms. The molecule has 1 aromatic heterocycles. The molecule has 0 radical (unpaired) electrons. The van der Waals surface area contributed by atoms with Crippen LogP contribution in [0, 0.1) is 17.2 Å². The first-order valence-corrected chi connectivity index (χ1v) is 10.2. The smallest absolute Gasteiger partial charge is 0.249 e. The van der Waals surface area contributed by atoms with Crippen molar-refractivity contribution < 1.29 is 4.79 Å². The van der Waals surface area contributed by atoms with Crippen molar-refractivity contribution in [1.82, 2.24) is 14.8 Å². The number of carbonyl (C=O) groups excluding carboxylic acids is 1. The summed E-state index contributed by atoms with van der Waals surface area (Å²) in [6, 6.07) is 19.7. The van der Waals surface area contributed by atoms with E-state index in [2.05, 4.69) is 34.5 Å². The van der Waals surface area contributed by atoms with Gasteiger partial charge in [0.1, 0.15) is 5.82 Å². The van der Waals surface area contributed by atoms with Crippen LogP contribution in [0.25, 0.3) is 0 Å². The van der Waals surface area contributed by atoms with Crippen molar-refractivity contribution in [2.75, 3.05) is 5.32 Å². The molecule has 2 unspecified atom stereocenters. The van der Waals surface area contributed by atoms with Crippen LogP contribution in [0.1, 0.15) is 49.2 Å². The molecule has 2 aromatic carbocycles. The first-order chi connectivity index (χ1) is 14.4. The molecule has 3 aromatic rings. The zero-order valence-electron chi connectivity index (χ0n) is 17.5. The summed E-state index contributed by atoms with van der Waals surface area (Å²) in [5.74, 6) is 1.69. The second-order valence-corrected chi connectivity index (χ2v) is 8.50. The van der Waals surface area contributed by atoms with E-state index in [1.807, 2.05) is 67.1 Å². The van der Waals surface area contributed by atoms with Crippen molar-refractivity contribution >= 4 is 11.9 Å². The van der Waals surface area contributed by atoms with Crippen LogP contribution in [-0.4, -0.2) is 20.7 Å². The van der Waals surface area contributed by atoms with Gasteiger partial charge in [-0.1, -0.05) is 49.4 Å². The second-order valence-electron chi connectivity index (χ2n) is 8.50. The second kappa shape index (κ2) is 7.75. The monoisotopic (exact) mass is 399 g/mol. The third kappa shape index (κ3) is 3.71. The zero-order chi connectivity index (χ0) is 21.3. The van der Waals surface area contributed by atoms with E-state index in [0.29, 0.717) is 24.0 Å². The minimum atomic E-state index is -0.694. The maximum absolute atomic E-state index is 12.9. The number of benzene rings is 2. The summed E-state index contributed by atoms with van der Waals surface area (Å²) in [4.78, 5) is 17.5. The van der Waals surface area contributed by atoms with Gasteiger partial charge in [-0.3, -0.25) is 10.1 Å². The molecule has 2 atom stereocenters. The van der Waals surface area contributed by atoms with Crippen molar-refractivity contribution in [2.24, 2.45) is 5.92 Å². The minimum absolute atomic E-state index is 0.136. The molecule has 0 fully saturated rings. The number of fused-ring (bicyclic) bond motifs is 1. The largest absolute Gasteiger partial charge is 0.292 e. The third-order valence-corrected chi connectivity index (χ3v) is 6.04. The molecular weight excluding hydrogens is 374 g/mol. The molecule has 1 aliphatic rings. The van der Waals surface area contributed by atoms with Gasteiger partial charge in [0.25, 0.3) is 0 Å². The minimum Gasteiger partial charge on any atom is -0.292 e. The number of carbonyl (C=O) groups is 1. The number of anilines is 1. The fourth-order valence-electron chi connectivity index (χ4n) is 4.04. The quantitative estimate of drug-likeness (QED) is 0.718. The molecule has 0 bridgehead atoms. The van der Waals surface area contributed by atoms with Gasteiger partial charge < -0.3 is 0 Å². The number of nitrogens with zero attached hydrogens (tertiary/aromatic N) is 4. The van der Waals surface area contributed by atoms with E-state index < -0.39 is 5.41 Å². The van der Waals surface area contributed by atoms with Crippen molar-refractivity contribution in [2.45, 2.75) is 45.1 Å². The van der Waals surface area contributed by atoms with Crippen molar-refractivity contribution in [3.8, 4) is 6.07 Å². The highest BCUT2D eigenvalue weighted by Gasteiger charge is 2.32. The van der Waals surface area contributed by atoms with Gasteiger partial charge in [0.15, 0.2) is 0 Å². The van der Waals surface area contributed by atoms with Crippen LogP contribution in [0.3, 0.4) is 0 Å². The van der Waals surface area contributed by atoms with Crippen LogP contribution >= 0.6 is 0 Å². The number of nitriles is 1. The number of nitrogens with one attached hydrogen (secondary N) is 1. The van der Waals surface area contributed by atoms with Gasteiger partial charge in [-0.05, 0) is 43.0 Å². The molecular formula is C24H25N5O. The number of hydrogen-bond donors (Lipinski definition) is 1. The van der Waals surface area contributed by atoms with E-state index in [1.54, 1.807) is 0 Å². The molecule has 0 saturated heterocycles. The van der Waals surface area contributed by atoms with E-state index >= 15 is 0 Å². The molecule has 0 saturated carbocycles. The summed E-state index contributed by atoms with van der Waals surface area (Å²) < 4.78 is 1.88. The van der Waals surface area contributed by atoms with Crippen LogP contribution in [0.15, 0.2) is 54.6 Å². The van der Waals surface area contributed by atoms with Gasteiger partial charge in [-0.15, -0.1) is 5.10 Å². The standard InChI is InChI=1S/C24H25N5O/c1-16-12-21-26-23(27-22(30)24(2,3)19-10-5-4-6-11-19)28-29(21)15-20(16)18-9-7-8-17(13-18)14-25/h4-11,13,16,20H,12,15H2,1-3H3,(H,27,28,30). The molecule has 1 amide bonds. The summed E-state index contributed by atoms with van der Waals surface area (Å²) in [6.45, 7) is 6.66. The third-order valence-electron chi connectivity index (χ3n) is 6.04. The lowest BCUT2D eigenvalue weighted by Crippen LogP contribution is -2.35. The highest BCUT2D eigenvalue weighted by molar-refractivity contribution is 5.97. The fraction of sp³-hybridized carbons (Fsp3) is 0.333. The highest BCUT2D eigenvalue weighted by Crippen LogP contribution is 2.34. The number of hydrogen-bond acceptors (Lipinski definition) is 4. The van der Waals surface area contributed by atoms with Crippen LogP contribution in [0.5, 0.6) is 0 Å². The lowest BCUT2D eigenvalue weighted by molar-refractivity contribution is -0.120. The molecule has 1 N–H and O–H groups in total. The summed E-state index contributed by atoms with van der Waals surface area (Å²) in [5, 5.41) is 16.7. The summed E-state index contributed by atoms with van der Waals surface area (Å²) >= 11 is 0. The molecule has 4 rings (SSSR count). The van der Waals surface area contributed by atoms with Gasteiger partial charge in [0.05, 0.1) is 23.6 Å². The van der Waals surface area contributed by atoms with E-state index in [1.165, 1.54) is 0 Å². The van der Waals surface area contributed by atoms with Crippen molar-refractivity contribution in [1.29, 1.82) is 5.26 Å². The highest BCUT2D eigenvalue weighted by atomic mass is 16.2. The van der Waals surface area contributed by atoms with E-state index in [9.17, 15) is 10.1 Å². The number of amides is 1. The van der Waals surface area contributed by atoms with Gasteiger partial charge in [-0.2, -0.15) is 10.2 Å². The van der Waals surface area contributed by atoms with Gasteiger partial charge in [-0.25, -0.2) is 4.68 Å². The molecule has 6 heteroatoms. The summed E-state index contributed by atoms with van der Waals surface area (Å²) in [5.41, 5.74) is 2.05. The molecule has 2 heterocycles. The average molecular weight is 399 g/mol. The maximum Gasteiger partial charge on any atom is 0.249 e. The zero-order valence-corrected chi connectivity index (χ0v) is 17.5. The van der Waals surface area contributed by atoms with Crippen molar-refractivity contribution in [3.63, 3.8) is 0 Å². The van der Waals surface area contributed by atoms with Crippen LogP contribution in [0.4, 0.5) is 5.95 Å². The number of aromatic nitrogens is 3. The maximum atomic E-state index is 12.9. The predicted molar refractivity (Wildman–Crippen MR) is 115 cm³/mol. The fourth-order valence-corrected chi connectivity index (χ4v) is 4.04. The first kappa shape index (κ1) is 19.8. The van der Waals surface area contributed by atoms with Gasteiger partial charge in [0, 0.05) is 12.3 Å². The Morgan fingerprint density at radius 1 is 1.20 bits per heavy atom. The number of rotatable bonds is 4. The van der Waals surface area contributed by atoms with E-state index in [-0.39, 0.29) is 11.8 Å². The van der Waals surface area contributed by atoms with E-state index in [4.69, 9.17) is 0 Å². The predicted octanol–water partition coefficient (Wildman–Crippen LogP) is 4.04. The molecule has 0 aliphatic carbocycles. The summed E-state index contributed by atoms with van der Waals surface area (Å²) in [6.07, 6.45) is 0.770. The summed E-state index contributed by atoms with van der Waals surface area (Å²) in [7, 11) is 0. The average Bonchev–Trinajstić information content (AvgIpc) is 3.14. The lowest BCUT2D eigenvalue weighted by atomic mass is 9.82. The van der Waals surface area contributed by atoms with Crippen molar-refractivity contribution in [3.05, 3.63) is 77.1 Å². The normalized spacial score (nSPS) is 18.3. The molecule has 30 heavy (non-hydrogen) atoms. The lowest BCUT2D eigenvalue weighted by Gasteiger charge is -2.29. The Kier molecular flexibility index (Phi) is 5.13. The molecule has 152 valence electrons. The topological polar surface area (TPSA) is 83.6 Å². The Labute approximate surface area is 176 Å². The Morgan fingerprint density at radius 2 is 1.97 bits per heavy atom. The van der Waals surface area contributed by atoms with Crippen LogP contribution in [0.2, 0.25) is 0 Å². The van der Waals surface area contributed by atoms with Gasteiger partial charge >= 0.3 is 0 Å².